The molecular weight excluding hydrogens is 537 g/mol. The standard InChI is InChI=1S/C32H36FN5O4/c1-42-27-10-3-23(4-11-27)21-30(39)35-28-22-25(32(41)37-15-2-13-34-14-16-37)7-12-29(28)36-17-19-38(20-18-36)31(40)24-5-8-26(33)9-6-24/h3-12,22,34H,2,13-21H2,1H3,(H,35,39). The first-order chi connectivity index (χ1) is 20.4. The van der Waals surface area contributed by atoms with Crippen molar-refractivity contribution in [3.8, 4) is 5.75 Å². The molecule has 5 rings (SSSR count). The Morgan fingerprint density at radius 2 is 1.48 bits per heavy atom. The molecule has 2 aliphatic heterocycles. The molecule has 0 unspecified atom stereocenters. The van der Waals surface area contributed by atoms with Crippen molar-refractivity contribution in [1.29, 1.82) is 0 Å². The third-order valence-electron chi connectivity index (χ3n) is 7.67. The Morgan fingerprint density at radius 1 is 0.810 bits per heavy atom. The van der Waals surface area contributed by atoms with Gasteiger partial charge in [0, 0.05) is 56.9 Å². The zero-order chi connectivity index (χ0) is 29.5. The van der Waals surface area contributed by atoms with Crippen LogP contribution < -0.4 is 20.3 Å². The Kier molecular flexibility index (Phi) is 9.33. The summed E-state index contributed by atoms with van der Waals surface area (Å²) in [6, 6.07) is 18.4. The molecule has 0 aliphatic carbocycles. The summed E-state index contributed by atoms with van der Waals surface area (Å²) in [6.07, 6.45) is 1.05. The molecule has 2 aliphatic rings. The molecule has 0 aromatic heterocycles. The molecule has 220 valence electrons. The summed E-state index contributed by atoms with van der Waals surface area (Å²) in [5.74, 6) is -0.0722. The molecule has 0 spiro atoms. The number of hydrogen-bond acceptors (Lipinski definition) is 6. The fourth-order valence-corrected chi connectivity index (χ4v) is 5.33. The monoisotopic (exact) mass is 573 g/mol. The SMILES string of the molecule is COc1ccc(CC(=O)Nc2cc(C(=O)N3CCCNCC3)ccc2N2CCN(C(=O)c3ccc(F)cc3)CC2)cc1. The fourth-order valence-electron chi connectivity index (χ4n) is 5.33. The molecule has 2 N–H and O–H groups in total. The smallest absolute Gasteiger partial charge is 0.253 e. The normalized spacial score (nSPS) is 15.6. The number of carbonyl (C=O) groups is 3. The lowest BCUT2D eigenvalue weighted by Gasteiger charge is -2.37. The zero-order valence-corrected chi connectivity index (χ0v) is 23.8. The molecule has 3 aromatic rings. The van der Waals surface area contributed by atoms with Crippen molar-refractivity contribution in [1.82, 2.24) is 15.1 Å². The van der Waals surface area contributed by atoms with Crippen molar-refractivity contribution >= 4 is 29.1 Å². The van der Waals surface area contributed by atoms with Gasteiger partial charge in [-0.25, -0.2) is 4.39 Å². The Balaban J connectivity index is 1.33. The first-order valence-corrected chi connectivity index (χ1v) is 14.3. The zero-order valence-electron chi connectivity index (χ0n) is 23.8. The molecule has 0 saturated carbocycles. The van der Waals surface area contributed by atoms with Crippen molar-refractivity contribution in [2.45, 2.75) is 12.8 Å². The summed E-state index contributed by atoms with van der Waals surface area (Å²) < 4.78 is 18.5. The van der Waals surface area contributed by atoms with Gasteiger partial charge in [0.1, 0.15) is 11.6 Å². The third kappa shape index (κ3) is 7.06. The van der Waals surface area contributed by atoms with E-state index in [1.807, 2.05) is 41.3 Å². The van der Waals surface area contributed by atoms with Crippen LogP contribution in [0, 0.1) is 5.82 Å². The highest BCUT2D eigenvalue weighted by Gasteiger charge is 2.25. The van der Waals surface area contributed by atoms with Crippen LogP contribution in [0.5, 0.6) is 5.75 Å². The van der Waals surface area contributed by atoms with Gasteiger partial charge in [-0.15, -0.1) is 0 Å². The van der Waals surface area contributed by atoms with Gasteiger partial charge in [-0.3, -0.25) is 14.4 Å². The number of anilines is 2. The highest BCUT2D eigenvalue weighted by Crippen LogP contribution is 2.30. The first kappa shape index (κ1) is 29.1. The molecule has 0 atom stereocenters. The van der Waals surface area contributed by atoms with Crippen molar-refractivity contribution in [2.24, 2.45) is 0 Å². The quantitative estimate of drug-likeness (QED) is 0.450. The van der Waals surface area contributed by atoms with E-state index in [9.17, 15) is 18.8 Å². The molecular formula is C32H36FN5O4. The number of carbonyl (C=O) groups excluding carboxylic acids is 3. The van der Waals surface area contributed by atoms with Crippen LogP contribution >= 0.6 is 0 Å². The molecule has 2 heterocycles. The Labute approximate surface area is 245 Å². The maximum Gasteiger partial charge on any atom is 0.253 e. The number of amides is 3. The fraction of sp³-hybridized carbons (Fsp3) is 0.344. The van der Waals surface area contributed by atoms with Crippen molar-refractivity contribution in [3.05, 3.63) is 89.2 Å². The average molecular weight is 574 g/mol. The largest absolute Gasteiger partial charge is 0.497 e. The number of methoxy groups -OCH3 is 1. The molecule has 3 aromatic carbocycles. The second-order valence-corrected chi connectivity index (χ2v) is 10.5. The van der Waals surface area contributed by atoms with E-state index in [-0.39, 0.29) is 30.0 Å². The van der Waals surface area contributed by atoms with Crippen LogP contribution in [-0.2, 0) is 11.2 Å². The Morgan fingerprint density at radius 3 is 2.19 bits per heavy atom. The molecule has 10 heteroatoms. The molecule has 2 fully saturated rings. The molecule has 0 bridgehead atoms. The molecule has 2 saturated heterocycles. The predicted molar refractivity (Wildman–Crippen MR) is 160 cm³/mol. The summed E-state index contributed by atoms with van der Waals surface area (Å²) in [5, 5.41) is 6.37. The van der Waals surface area contributed by atoms with Crippen LogP contribution in [0.15, 0.2) is 66.7 Å². The van der Waals surface area contributed by atoms with Crippen LogP contribution in [0.3, 0.4) is 0 Å². The van der Waals surface area contributed by atoms with Crippen molar-refractivity contribution in [2.75, 3.05) is 69.7 Å². The average Bonchev–Trinajstić information content (AvgIpc) is 3.31. The number of piperazine rings is 1. The Bertz CT molecular complexity index is 1400. The van der Waals surface area contributed by atoms with Crippen molar-refractivity contribution in [3.63, 3.8) is 0 Å². The van der Waals surface area contributed by atoms with Gasteiger partial charge < -0.3 is 30.1 Å². The van der Waals surface area contributed by atoms with E-state index < -0.39 is 0 Å². The van der Waals surface area contributed by atoms with Gasteiger partial charge in [-0.1, -0.05) is 12.1 Å². The second kappa shape index (κ2) is 13.5. The number of nitrogens with one attached hydrogen (secondary N) is 2. The lowest BCUT2D eigenvalue weighted by Crippen LogP contribution is -2.49. The van der Waals surface area contributed by atoms with E-state index >= 15 is 0 Å². The third-order valence-corrected chi connectivity index (χ3v) is 7.67. The highest BCUT2D eigenvalue weighted by molar-refractivity contribution is 6.00. The van der Waals surface area contributed by atoms with Gasteiger partial charge in [0.15, 0.2) is 0 Å². The number of benzene rings is 3. The van der Waals surface area contributed by atoms with E-state index in [0.717, 1.165) is 30.8 Å². The number of rotatable bonds is 7. The summed E-state index contributed by atoms with van der Waals surface area (Å²) in [5.41, 5.74) is 3.16. The number of halogens is 1. The molecule has 42 heavy (non-hydrogen) atoms. The van der Waals surface area contributed by atoms with E-state index in [0.29, 0.717) is 61.8 Å². The van der Waals surface area contributed by atoms with Gasteiger partial charge >= 0.3 is 0 Å². The summed E-state index contributed by atoms with van der Waals surface area (Å²) in [4.78, 5) is 45.2. The van der Waals surface area contributed by atoms with Crippen LogP contribution in [0.4, 0.5) is 15.8 Å². The highest BCUT2D eigenvalue weighted by atomic mass is 19.1. The first-order valence-electron chi connectivity index (χ1n) is 14.3. The minimum atomic E-state index is -0.382. The van der Waals surface area contributed by atoms with Crippen molar-refractivity contribution < 1.29 is 23.5 Å². The molecule has 0 radical (unpaired) electrons. The lowest BCUT2D eigenvalue weighted by molar-refractivity contribution is -0.115. The maximum absolute atomic E-state index is 13.4. The minimum absolute atomic E-state index is 0.0642. The predicted octanol–water partition coefficient (Wildman–Crippen LogP) is 3.41. The summed E-state index contributed by atoms with van der Waals surface area (Å²) in [7, 11) is 1.60. The number of hydrogen-bond donors (Lipinski definition) is 2. The van der Waals surface area contributed by atoms with E-state index in [1.54, 1.807) is 18.1 Å². The van der Waals surface area contributed by atoms with Gasteiger partial charge in [0.2, 0.25) is 5.91 Å². The van der Waals surface area contributed by atoms with E-state index in [4.69, 9.17) is 4.74 Å². The number of nitrogens with zero attached hydrogens (tertiary/aromatic N) is 3. The minimum Gasteiger partial charge on any atom is -0.497 e. The molecule has 9 nitrogen and oxygen atoms in total. The van der Waals surface area contributed by atoms with E-state index in [2.05, 4.69) is 15.5 Å². The van der Waals surface area contributed by atoms with E-state index in [1.165, 1.54) is 24.3 Å². The maximum atomic E-state index is 13.4. The van der Waals surface area contributed by atoms with Crippen LogP contribution in [0.2, 0.25) is 0 Å². The van der Waals surface area contributed by atoms with Crippen LogP contribution in [-0.4, -0.2) is 87.0 Å². The summed E-state index contributed by atoms with van der Waals surface area (Å²) >= 11 is 0. The Hall–Kier alpha value is -4.44. The lowest BCUT2D eigenvalue weighted by atomic mass is 10.1. The van der Waals surface area contributed by atoms with Gasteiger partial charge in [-0.05, 0) is 73.1 Å². The molecule has 3 amide bonds. The number of ether oxygens (including phenoxy) is 1. The van der Waals surface area contributed by atoms with Gasteiger partial charge in [0.05, 0.1) is 24.9 Å². The van der Waals surface area contributed by atoms with Gasteiger partial charge in [0.25, 0.3) is 11.8 Å². The summed E-state index contributed by atoms with van der Waals surface area (Å²) in [6.45, 7) is 4.95. The topological polar surface area (TPSA) is 94.2 Å². The van der Waals surface area contributed by atoms with Crippen LogP contribution in [0.25, 0.3) is 0 Å². The van der Waals surface area contributed by atoms with Gasteiger partial charge in [-0.2, -0.15) is 0 Å². The van der Waals surface area contributed by atoms with Crippen LogP contribution in [0.1, 0.15) is 32.7 Å². The second-order valence-electron chi connectivity index (χ2n) is 10.5.